The van der Waals surface area contributed by atoms with Crippen LogP contribution in [-0.2, 0) is 38.1 Å². The molecule has 0 spiro atoms. The molecule has 3 saturated heterocycles. The predicted octanol–water partition coefficient (Wildman–Crippen LogP) is -5.71. The zero-order chi connectivity index (χ0) is 51.5. The Bertz CT molecular complexity index is 2380. The number of ether oxygens (including phenoxy) is 5. The standard InChI is InChI=1S/C42H47N3O25/c46-8-24-29(54)31(56)33(58)35(69-24)13-4-16(27(52)22(49)6-13)38(61)44-19-11-67-40(63)18(43-37(60)15-2-1-3-21(48)26(15)51)10-66-41(64)20(12-68-42(19)65)45-39(62)17-5-14(7-23(50)28(17)53)36-34(59)32(57)30(55)25(9-47)70-36/h1-7,18-20,24-25,29-36,46-59H,8-12H2,(H,43,60)(H,44,61)(H,45,62)/t18-,19-,20-,24+,25+,29-,30+,31-,32-,33+,34-,35-,36-/m0/s1. The highest BCUT2D eigenvalue weighted by Gasteiger charge is 2.46. The van der Waals surface area contributed by atoms with Gasteiger partial charge in [-0.25, -0.2) is 14.4 Å². The van der Waals surface area contributed by atoms with Gasteiger partial charge in [0.2, 0.25) is 0 Å². The van der Waals surface area contributed by atoms with E-state index in [9.17, 15) is 100 Å². The number of benzene rings is 3. The van der Waals surface area contributed by atoms with Crippen molar-refractivity contribution in [2.24, 2.45) is 0 Å². The van der Waals surface area contributed by atoms with Crippen molar-refractivity contribution in [1.82, 2.24) is 16.0 Å². The molecule has 0 unspecified atom stereocenters. The average molecular weight is 994 g/mol. The number of carbonyl (C=O) groups is 6. The zero-order valence-corrected chi connectivity index (χ0v) is 35.8. The van der Waals surface area contributed by atoms with Gasteiger partial charge in [-0.05, 0) is 47.5 Å². The number of carbonyl (C=O) groups excluding carboxylic acids is 6. The van der Waals surface area contributed by atoms with Crippen molar-refractivity contribution >= 4 is 35.6 Å². The molecule has 0 aromatic heterocycles. The topological polar surface area (TPSA) is 468 Å². The van der Waals surface area contributed by atoms with Gasteiger partial charge in [0, 0.05) is 0 Å². The zero-order valence-electron chi connectivity index (χ0n) is 35.8. The van der Waals surface area contributed by atoms with Gasteiger partial charge in [-0.15, -0.1) is 0 Å². The lowest BCUT2D eigenvalue weighted by molar-refractivity contribution is -0.231. The van der Waals surface area contributed by atoms with Crippen LogP contribution in [0.2, 0.25) is 0 Å². The van der Waals surface area contributed by atoms with E-state index in [4.69, 9.17) is 23.7 Å². The Balaban J connectivity index is 1.30. The summed E-state index contributed by atoms with van der Waals surface area (Å²) in [5.41, 5.74) is -2.98. The van der Waals surface area contributed by atoms with E-state index >= 15 is 0 Å². The molecular formula is C42H47N3O25. The summed E-state index contributed by atoms with van der Waals surface area (Å²) in [6.07, 6.45) is -17.6. The number of nitrogens with one attached hydrogen (secondary N) is 3. The number of amides is 3. The van der Waals surface area contributed by atoms with Crippen LogP contribution in [0.5, 0.6) is 34.5 Å². The number of aromatic hydroxyl groups is 6. The third kappa shape index (κ3) is 10.8. The Kier molecular flexibility index (Phi) is 16.2. The number of phenolic OH excluding ortho intramolecular Hbond substituents is 6. The second-order valence-electron chi connectivity index (χ2n) is 16.0. The number of rotatable bonds is 10. The van der Waals surface area contributed by atoms with Gasteiger partial charge in [-0.3, -0.25) is 14.4 Å². The Morgan fingerprint density at radius 1 is 0.471 bits per heavy atom. The van der Waals surface area contributed by atoms with E-state index in [0.29, 0.717) is 0 Å². The van der Waals surface area contributed by atoms with Crippen LogP contribution in [-0.4, -0.2) is 207 Å². The first kappa shape index (κ1) is 52.3. The molecule has 17 N–H and O–H groups in total. The van der Waals surface area contributed by atoms with Gasteiger partial charge >= 0.3 is 17.9 Å². The van der Waals surface area contributed by atoms with Crippen LogP contribution < -0.4 is 16.0 Å². The van der Waals surface area contributed by atoms with E-state index in [1.165, 1.54) is 0 Å². The van der Waals surface area contributed by atoms with E-state index in [2.05, 4.69) is 16.0 Å². The van der Waals surface area contributed by atoms with Crippen LogP contribution in [0, 0.1) is 0 Å². The lowest BCUT2D eigenvalue weighted by atomic mass is 9.90. The number of hydrogen-bond donors (Lipinski definition) is 17. The molecule has 380 valence electrons. The number of phenols is 6. The quantitative estimate of drug-likeness (QED) is 0.0511. The number of esters is 3. The summed E-state index contributed by atoms with van der Waals surface area (Å²) in [4.78, 5) is 81.6. The molecule has 0 bridgehead atoms. The summed E-state index contributed by atoms with van der Waals surface area (Å²) in [6, 6.07) is 0.0563. The Morgan fingerprint density at radius 3 is 1.17 bits per heavy atom. The summed E-state index contributed by atoms with van der Waals surface area (Å²) in [6.45, 7) is -5.27. The summed E-state index contributed by atoms with van der Waals surface area (Å²) in [5.74, 6) is -14.8. The molecule has 0 radical (unpaired) electrons. The van der Waals surface area contributed by atoms with Crippen LogP contribution >= 0.6 is 0 Å². The Morgan fingerprint density at radius 2 is 0.814 bits per heavy atom. The molecule has 6 rings (SSSR count). The molecule has 3 heterocycles. The lowest BCUT2D eigenvalue weighted by Crippen LogP contribution is -2.55. The molecular weight excluding hydrogens is 946 g/mol. The highest BCUT2D eigenvalue weighted by atomic mass is 16.6. The van der Waals surface area contributed by atoms with Crippen molar-refractivity contribution in [3.8, 4) is 34.5 Å². The first-order chi connectivity index (χ1) is 33.1. The number of aliphatic hydroxyl groups excluding tert-OH is 8. The van der Waals surface area contributed by atoms with Crippen LogP contribution in [0.4, 0.5) is 0 Å². The van der Waals surface area contributed by atoms with Crippen molar-refractivity contribution in [3.05, 3.63) is 70.3 Å². The summed E-state index contributed by atoms with van der Waals surface area (Å²) in [7, 11) is 0. The summed E-state index contributed by atoms with van der Waals surface area (Å²) >= 11 is 0. The second-order valence-corrected chi connectivity index (χ2v) is 16.0. The van der Waals surface area contributed by atoms with E-state index in [0.717, 1.165) is 42.5 Å². The number of para-hydroxylation sites is 1. The smallest absolute Gasteiger partial charge is 0.332 e. The molecule has 70 heavy (non-hydrogen) atoms. The Labute approximate surface area is 392 Å². The maximum atomic E-state index is 13.8. The van der Waals surface area contributed by atoms with Gasteiger partial charge in [-0.1, -0.05) is 6.07 Å². The van der Waals surface area contributed by atoms with Crippen molar-refractivity contribution in [3.63, 3.8) is 0 Å². The summed E-state index contributed by atoms with van der Waals surface area (Å²) < 4.78 is 26.5. The molecule has 28 nitrogen and oxygen atoms in total. The fourth-order valence-corrected chi connectivity index (χ4v) is 7.44. The minimum atomic E-state index is -2.15. The second kappa shape index (κ2) is 21.7. The molecule has 3 aliphatic heterocycles. The van der Waals surface area contributed by atoms with E-state index in [-0.39, 0.29) is 11.1 Å². The van der Waals surface area contributed by atoms with Crippen LogP contribution in [0.25, 0.3) is 0 Å². The van der Waals surface area contributed by atoms with Crippen molar-refractivity contribution in [2.45, 2.75) is 79.2 Å². The van der Waals surface area contributed by atoms with Crippen molar-refractivity contribution < 1.29 is 124 Å². The molecule has 28 heteroatoms. The molecule has 0 aliphatic carbocycles. The van der Waals surface area contributed by atoms with Crippen LogP contribution in [0.1, 0.15) is 54.4 Å². The summed E-state index contributed by atoms with van der Waals surface area (Å²) in [5, 5.41) is 151. The van der Waals surface area contributed by atoms with Gasteiger partial charge in [-0.2, -0.15) is 0 Å². The predicted molar refractivity (Wildman–Crippen MR) is 221 cm³/mol. The van der Waals surface area contributed by atoms with Crippen LogP contribution in [0.15, 0.2) is 42.5 Å². The number of aliphatic hydroxyl groups is 8. The van der Waals surface area contributed by atoms with Crippen molar-refractivity contribution in [1.29, 1.82) is 0 Å². The first-order valence-corrected chi connectivity index (χ1v) is 20.7. The van der Waals surface area contributed by atoms with Crippen LogP contribution in [0.3, 0.4) is 0 Å². The molecule has 3 aromatic rings. The highest BCUT2D eigenvalue weighted by Crippen LogP contribution is 2.40. The fraction of sp³-hybridized carbons (Fsp3) is 0.429. The molecule has 3 amide bonds. The largest absolute Gasteiger partial charge is 0.504 e. The minimum absolute atomic E-state index is 0.323. The molecule has 3 fully saturated rings. The molecule has 3 aliphatic rings. The lowest BCUT2D eigenvalue weighted by Gasteiger charge is -2.40. The Hall–Kier alpha value is -7.12. The minimum Gasteiger partial charge on any atom is -0.504 e. The van der Waals surface area contributed by atoms with E-state index < -0.39 is 199 Å². The van der Waals surface area contributed by atoms with E-state index in [1.54, 1.807) is 0 Å². The van der Waals surface area contributed by atoms with Crippen molar-refractivity contribution in [2.75, 3.05) is 33.0 Å². The maximum Gasteiger partial charge on any atom is 0.332 e. The molecule has 3 aromatic carbocycles. The molecule has 0 saturated carbocycles. The normalized spacial score (nSPS) is 29.8. The van der Waals surface area contributed by atoms with Gasteiger partial charge in [0.25, 0.3) is 17.7 Å². The molecule has 13 atom stereocenters. The van der Waals surface area contributed by atoms with Gasteiger partial charge in [0.1, 0.15) is 80.9 Å². The highest BCUT2D eigenvalue weighted by molar-refractivity contribution is 6.02. The average Bonchev–Trinajstić information content (AvgIpc) is 3.33. The van der Waals surface area contributed by atoms with Gasteiger partial charge < -0.3 is 111 Å². The third-order valence-electron chi connectivity index (χ3n) is 11.4. The monoisotopic (exact) mass is 993 g/mol. The third-order valence-corrected chi connectivity index (χ3v) is 11.4. The number of hydrogen-bond acceptors (Lipinski definition) is 25. The van der Waals surface area contributed by atoms with E-state index in [1.807, 2.05) is 0 Å². The van der Waals surface area contributed by atoms with Gasteiger partial charge in [0.05, 0.1) is 29.9 Å². The number of cyclic esters (lactones) is 3. The van der Waals surface area contributed by atoms with Gasteiger partial charge in [0.15, 0.2) is 52.6 Å². The maximum absolute atomic E-state index is 13.8. The fourth-order valence-electron chi connectivity index (χ4n) is 7.44. The SMILES string of the molecule is O=C(N[C@H]1COC(=O)[C@@H](NC(=O)c2cc([C@@H]3O[C@H](CO)[C@@H](O)[C@H](O)[C@@H]3O)cc(O)c2O)COC(=O)[C@@H](NC(=O)c2cc([C@@H]3O[C@H](CO)[C@H](O)[C@H](O)[C@H]3O)cc(O)c2O)COC1=O)c1cccc(O)c1O. The first-order valence-electron chi connectivity index (χ1n) is 20.7.